The van der Waals surface area contributed by atoms with Gasteiger partial charge >= 0.3 is 6.09 Å². The zero-order valence-electron chi connectivity index (χ0n) is 24.1. The molecule has 1 heterocycles. The number of halogens is 1. The van der Waals surface area contributed by atoms with Crippen LogP contribution >= 0.6 is 0 Å². The molecule has 1 amide bonds. The number of Topliss-reactive ketones (excluding diaryl/α,β-unsaturated/α-hetero) is 1. The number of rotatable bonds is 7. The number of ether oxygens (including phenoxy) is 1. The maximum Gasteiger partial charge on any atom is 0.414 e. The molecule has 0 unspecified atom stereocenters. The molecule has 2 aliphatic rings. The van der Waals surface area contributed by atoms with Gasteiger partial charge in [-0.15, -0.1) is 0 Å². The number of ketones is 1. The first-order chi connectivity index (χ1) is 19.5. The Balaban J connectivity index is 1.50. The van der Waals surface area contributed by atoms with Gasteiger partial charge in [0.05, 0.1) is 11.5 Å². The van der Waals surface area contributed by atoms with Gasteiger partial charge in [-0.25, -0.2) is 14.2 Å². The number of aromatic nitrogens is 1. The van der Waals surface area contributed by atoms with Crippen LogP contribution < -0.4 is 4.90 Å². The Morgan fingerprint density at radius 2 is 1.71 bits per heavy atom. The highest BCUT2D eigenvalue weighted by Gasteiger charge is 2.47. The molecule has 0 saturated heterocycles. The smallest absolute Gasteiger partial charge is 0.414 e. The number of carbonyl (C=O) groups excluding carboxylic acids is 2. The van der Waals surface area contributed by atoms with Crippen LogP contribution in [0.15, 0.2) is 52.9 Å². The van der Waals surface area contributed by atoms with Crippen LogP contribution in [0.25, 0.3) is 22.7 Å². The normalized spacial score (nSPS) is 19.7. The van der Waals surface area contributed by atoms with Crippen molar-refractivity contribution in [2.45, 2.75) is 77.2 Å². The third kappa shape index (κ3) is 6.35. The van der Waals surface area contributed by atoms with E-state index < -0.39 is 17.1 Å². The second kappa shape index (κ2) is 11.1. The number of nitriles is 1. The lowest BCUT2D eigenvalue weighted by Crippen LogP contribution is -2.34. The van der Waals surface area contributed by atoms with Gasteiger partial charge in [0.25, 0.3) is 0 Å². The van der Waals surface area contributed by atoms with E-state index in [9.17, 15) is 19.2 Å². The molecule has 0 spiro atoms. The van der Waals surface area contributed by atoms with E-state index >= 15 is 0 Å². The molecule has 5 rings (SSSR count). The molecular formula is C33H36FN3O4. The summed E-state index contributed by atoms with van der Waals surface area (Å²) in [5.41, 5.74) is 1.59. The summed E-state index contributed by atoms with van der Waals surface area (Å²) >= 11 is 0. The fraction of sp³-hybridized carbons (Fsp3) is 0.455. The Kier molecular flexibility index (Phi) is 7.74. The van der Waals surface area contributed by atoms with Gasteiger partial charge in [0.1, 0.15) is 28.7 Å². The zero-order chi connectivity index (χ0) is 29.4. The van der Waals surface area contributed by atoms with Crippen LogP contribution in [0.3, 0.4) is 0 Å². The lowest BCUT2D eigenvalue weighted by atomic mass is 9.73. The average Bonchev–Trinajstić information content (AvgIpc) is 3.59. The van der Waals surface area contributed by atoms with Gasteiger partial charge in [0.15, 0.2) is 0 Å². The van der Waals surface area contributed by atoms with E-state index in [1.165, 1.54) is 17.0 Å². The zero-order valence-corrected chi connectivity index (χ0v) is 24.1. The Bertz CT molecular complexity index is 1460. The van der Waals surface area contributed by atoms with E-state index in [-0.39, 0.29) is 29.9 Å². The minimum atomic E-state index is -0.613. The number of benzene rings is 2. The number of amides is 1. The van der Waals surface area contributed by atoms with Gasteiger partial charge in [-0.3, -0.25) is 9.69 Å². The molecule has 0 radical (unpaired) electrons. The summed E-state index contributed by atoms with van der Waals surface area (Å²) in [6, 6.07) is 15.7. The maximum atomic E-state index is 13.7. The van der Waals surface area contributed by atoms with Crippen LogP contribution in [0.1, 0.15) is 77.4 Å². The van der Waals surface area contributed by atoms with Crippen molar-refractivity contribution >= 4 is 17.6 Å². The van der Waals surface area contributed by atoms with Crippen LogP contribution in [0.4, 0.5) is 14.9 Å². The first-order valence-corrected chi connectivity index (χ1v) is 14.3. The van der Waals surface area contributed by atoms with Crippen molar-refractivity contribution in [1.82, 2.24) is 4.98 Å². The highest BCUT2D eigenvalue weighted by Crippen LogP contribution is 2.51. The van der Waals surface area contributed by atoms with Crippen molar-refractivity contribution in [2.24, 2.45) is 11.3 Å². The lowest BCUT2D eigenvalue weighted by Gasteiger charge is -2.30. The molecule has 2 saturated carbocycles. The number of anilines is 1. The second-order valence-corrected chi connectivity index (χ2v) is 12.4. The monoisotopic (exact) mass is 557 g/mol. The number of nitrogens with zero attached hydrogens (tertiary/aromatic N) is 3. The maximum absolute atomic E-state index is 13.7. The Hall–Kier alpha value is -3.99. The minimum Gasteiger partial charge on any atom is -0.443 e. The first-order valence-electron chi connectivity index (χ1n) is 14.3. The predicted molar refractivity (Wildman–Crippen MR) is 154 cm³/mol. The van der Waals surface area contributed by atoms with Crippen LogP contribution in [-0.2, 0) is 9.53 Å². The van der Waals surface area contributed by atoms with Crippen LogP contribution in [0.5, 0.6) is 0 Å². The molecule has 2 fully saturated rings. The second-order valence-electron chi connectivity index (χ2n) is 12.4. The topological polar surface area (TPSA) is 96.4 Å². The van der Waals surface area contributed by atoms with E-state index in [1.807, 2.05) is 45.0 Å². The number of hydrogen-bond acceptors (Lipinski definition) is 6. The summed E-state index contributed by atoms with van der Waals surface area (Å²) in [6.07, 6.45) is 4.82. The molecule has 0 bridgehead atoms. The molecule has 41 heavy (non-hydrogen) atoms. The van der Waals surface area contributed by atoms with E-state index in [2.05, 4.69) is 6.07 Å². The number of oxazole rings is 1. The van der Waals surface area contributed by atoms with Crippen LogP contribution in [0.2, 0.25) is 0 Å². The van der Waals surface area contributed by atoms with Gasteiger partial charge in [-0.05, 0) is 82.9 Å². The molecule has 0 aliphatic heterocycles. The summed E-state index contributed by atoms with van der Waals surface area (Å²) in [7, 11) is 1.66. The predicted octanol–water partition coefficient (Wildman–Crippen LogP) is 8.06. The SMILES string of the molecule is CN(C(=O)OC(C)(C)C)c1ccc(-c2nc(-c3ccc(F)cc3)oc2[C@@H]2CCCC[C@H]2C(=O)CC2(C#N)CC2)cc1. The van der Waals surface area contributed by atoms with Crippen molar-refractivity contribution in [1.29, 1.82) is 5.26 Å². The Labute approximate surface area is 240 Å². The minimum absolute atomic E-state index is 0.119. The summed E-state index contributed by atoms with van der Waals surface area (Å²) in [5, 5.41) is 9.59. The van der Waals surface area contributed by atoms with Crippen molar-refractivity contribution in [3.63, 3.8) is 0 Å². The van der Waals surface area contributed by atoms with E-state index in [0.29, 0.717) is 28.6 Å². The van der Waals surface area contributed by atoms with Crippen molar-refractivity contribution in [2.75, 3.05) is 11.9 Å². The molecule has 2 aromatic carbocycles. The fourth-order valence-corrected chi connectivity index (χ4v) is 5.56. The number of hydrogen-bond donors (Lipinski definition) is 0. The molecular weight excluding hydrogens is 521 g/mol. The van der Waals surface area contributed by atoms with E-state index in [4.69, 9.17) is 14.1 Å². The summed E-state index contributed by atoms with van der Waals surface area (Å²) in [4.78, 5) is 32.4. The number of carbonyl (C=O) groups is 2. The largest absolute Gasteiger partial charge is 0.443 e. The average molecular weight is 558 g/mol. The molecule has 2 atom stereocenters. The first kappa shape index (κ1) is 28.5. The Morgan fingerprint density at radius 1 is 1.07 bits per heavy atom. The van der Waals surface area contributed by atoms with Crippen LogP contribution in [0, 0.1) is 28.5 Å². The van der Waals surface area contributed by atoms with Gasteiger partial charge in [-0.2, -0.15) is 5.26 Å². The standard InChI is InChI=1S/C33H36FN3O4/c1-32(2,3)41-31(39)37(4)24-15-11-21(12-16-24)28-29(40-30(36-28)22-9-13-23(34)14-10-22)26-8-6-5-7-25(26)27(38)19-33(20-35)17-18-33/h9-16,25-26H,5-8,17-19H2,1-4H3/t25-,26-/m1/s1. The van der Waals surface area contributed by atoms with E-state index in [1.54, 1.807) is 19.2 Å². The van der Waals surface area contributed by atoms with Crippen LogP contribution in [-0.4, -0.2) is 29.5 Å². The highest BCUT2D eigenvalue weighted by molar-refractivity contribution is 5.88. The van der Waals surface area contributed by atoms with Gasteiger partial charge in [0, 0.05) is 42.1 Å². The molecule has 7 nitrogen and oxygen atoms in total. The Morgan fingerprint density at radius 3 is 2.32 bits per heavy atom. The van der Waals surface area contributed by atoms with Gasteiger partial charge < -0.3 is 9.15 Å². The van der Waals surface area contributed by atoms with E-state index in [0.717, 1.165) is 44.1 Å². The molecule has 214 valence electrons. The van der Waals surface area contributed by atoms with Crippen molar-refractivity contribution in [3.8, 4) is 28.8 Å². The fourth-order valence-electron chi connectivity index (χ4n) is 5.56. The molecule has 8 heteroatoms. The molecule has 1 aromatic heterocycles. The molecule has 2 aliphatic carbocycles. The third-order valence-corrected chi connectivity index (χ3v) is 8.06. The molecule has 0 N–H and O–H groups in total. The van der Waals surface area contributed by atoms with Crippen molar-refractivity contribution < 1.29 is 23.1 Å². The highest BCUT2D eigenvalue weighted by atomic mass is 19.1. The summed E-state index contributed by atoms with van der Waals surface area (Å²) < 4.78 is 25.6. The molecule has 3 aromatic rings. The third-order valence-electron chi connectivity index (χ3n) is 8.06. The summed E-state index contributed by atoms with van der Waals surface area (Å²) in [6.45, 7) is 5.46. The summed E-state index contributed by atoms with van der Waals surface area (Å²) in [5.74, 6) is 0.338. The van der Waals surface area contributed by atoms with Gasteiger partial charge in [0.2, 0.25) is 5.89 Å². The van der Waals surface area contributed by atoms with Gasteiger partial charge in [-0.1, -0.05) is 25.0 Å². The lowest BCUT2D eigenvalue weighted by molar-refractivity contribution is -0.125. The quantitative estimate of drug-likeness (QED) is 0.292. The van der Waals surface area contributed by atoms with Crippen molar-refractivity contribution in [3.05, 3.63) is 60.1 Å².